The van der Waals surface area contributed by atoms with Crippen LogP contribution in [0.2, 0.25) is 0 Å². The van der Waals surface area contributed by atoms with E-state index in [1.165, 1.54) is 31.0 Å². The number of hydrogen-bond acceptors (Lipinski definition) is 6. The highest BCUT2D eigenvalue weighted by Gasteiger charge is 2.32. The van der Waals surface area contributed by atoms with Gasteiger partial charge in [0.2, 0.25) is 0 Å². The standard InChI is InChI=1S/C28H29N3O2S2/c1-19-7-6-8-21-17-22(26(29-25(19)21)30-14-4-3-5-15-30)18-24-27(32)31(28(34)35-24)16-13-20-9-11-23(33-2)12-10-20/h6-12,17-18H,3-5,13-16H2,1-2H3/b24-18-. The zero-order valence-electron chi connectivity index (χ0n) is 20.1. The molecule has 1 amide bonds. The third kappa shape index (κ3) is 5.07. The second-order valence-corrected chi connectivity index (χ2v) is 10.7. The molecule has 0 unspecified atom stereocenters. The van der Waals surface area contributed by atoms with Gasteiger partial charge >= 0.3 is 0 Å². The molecular weight excluding hydrogens is 474 g/mol. The number of ether oxygens (including phenoxy) is 1. The Balaban J connectivity index is 1.42. The zero-order chi connectivity index (χ0) is 24.4. The number of carbonyl (C=O) groups excluding carboxylic acids is 1. The lowest BCUT2D eigenvalue weighted by atomic mass is 10.1. The van der Waals surface area contributed by atoms with Crippen LogP contribution in [-0.2, 0) is 11.2 Å². The molecule has 2 aliphatic heterocycles. The van der Waals surface area contributed by atoms with E-state index in [1.807, 2.05) is 30.3 Å². The number of fused-ring (bicyclic) bond motifs is 1. The maximum absolute atomic E-state index is 13.3. The molecule has 7 heteroatoms. The number of methoxy groups -OCH3 is 1. The number of aryl methyl sites for hydroxylation is 1. The van der Waals surface area contributed by atoms with Crippen molar-refractivity contribution in [2.75, 3.05) is 31.6 Å². The van der Waals surface area contributed by atoms with Gasteiger partial charge in [-0.1, -0.05) is 54.3 Å². The van der Waals surface area contributed by atoms with Gasteiger partial charge in [0.25, 0.3) is 5.91 Å². The molecule has 3 aromatic rings. The Kier molecular flexibility index (Phi) is 7.07. The van der Waals surface area contributed by atoms with Crippen molar-refractivity contribution in [2.24, 2.45) is 0 Å². The third-order valence-corrected chi connectivity index (χ3v) is 8.03. The third-order valence-electron chi connectivity index (χ3n) is 6.65. The smallest absolute Gasteiger partial charge is 0.266 e. The monoisotopic (exact) mass is 503 g/mol. The molecule has 3 heterocycles. The molecule has 2 aliphatic rings. The molecular formula is C28H29N3O2S2. The van der Waals surface area contributed by atoms with Gasteiger partial charge in [0.15, 0.2) is 0 Å². The number of carbonyl (C=O) groups is 1. The minimum atomic E-state index is -0.0255. The predicted octanol–water partition coefficient (Wildman–Crippen LogP) is 5.99. The van der Waals surface area contributed by atoms with Crippen molar-refractivity contribution in [1.29, 1.82) is 0 Å². The molecule has 35 heavy (non-hydrogen) atoms. The first-order valence-electron chi connectivity index (χ1n) is 12.1. The van der Waals surface area contributed by atoms with Crippen molar-refractivity contribution in [3.05, 3.63) is 70.1 Å². The molecule has 2 saturated heterocycles. The van der Waals surface area contributed by atoms with E-state index >= 15 is 0 Å². The number of amides is 1. The lowest BCUT2D eigenvalue weighted by Gasteiger charge is -2.29. The van der Waals surface area contributed by atoms with E-state index in [2.05, 4.69) is 36.1 Å². The van der Waals surface area contributed by atoms with Crippen molar-refractivity contribution in [3.8, 4) is 5.75 Å². The number of anilines is 1. The van der Waals surface area contributed by atoms with Crippen LogP contribution in [0.25, 0.3) is 17.0 Å². The van der Waals surface area contributed by atoms with Crippen LogP contribution in [0.15, 0.2) is 53.4 Å². The van der Waals surface area contributed by atoms with E-state index < -0.39 is 0 Å². The first kappa shape index (κ1) is 23.8. The second kappa shape index (κ2) is 10.4. The van der Waals surface area contributed by atoms with Gasteiger partial charge in [0.1, 0.15) is 15.9 Å². The van der Waals surface area contributed by atoms with Crippen LogP contribution in [0.1, 0.15) is 36.0 Å². The number of para-hydroxylation sites is 1. The average Bonchev–Trinajstić information content (AvgIpc) is 3.15. The summed E-state index contributed by atoms with van der Waals surface area (Å²) in [4.78, 5) is 23.2. The van der Waals surface area contributed by atoms with E-state index in [1.54, 1.807) is 12.0 Å². The van der Waals surface area contributed by atoms with Crippen LogP contribution in [0.3, 0.4) is 0 Å². The number of aromatic nitrogens is 1. The number of thioether (sulfide) groups is 1. The first-order valence-corrected chi connectivity index (χ1v) is 13.3. The van der Waals surface area contributed by atoms with Gasteiger partial charge < -0.3 is 9.64 Å². The summed E-state index contributed by atoms with van der Waals surface area (Å²) < 4.78 is 5.84. The fraction of sp³-hybridized carbons (Fsp3) is 0.321. The molecule has 0 bridgehead atoms. The summed E-state index contributed by atoms with van der Waals surface area (Å²) in [5.41, 5.74) is 4.32. The minimum Gasteiger partial charge on any atom is -0.497 e. The Morgan fingerprint density at radius 1 is 1.11 bits per heavy atom. The van der Waals surface area contributed by atoms with Gasteiger partial charge in [-0.3, -0.25) is 9.69 Å². The number of hydrogen-bond donors (Lipinski definition) is 0. The first-order chi connectivity index (χ1) is 17.0. The molecule has 2 fully saturated rings. The summed E-state index contributed by atoms with van der Waals surface area (Å²) in [5.74, 6) is 1.77. The Bertz CT molecular complexity index is 1300. The Morgan fingerprint density at radius 3 is 2.63 bits per heavy atom. The summed E-state index contributed by atoms with van der Waals surface area (Å²) in [7, 11) is 1.66. The van der Waals surface area contributed by atoms with E-state index in [4.69, 9.17) is 21.9 Å². The Hall–Kier alpha value is -2.90. The van der Waals surface area contributed by atoms with Crippen LogP contribution >= 0.6 is 24.0 Å². The lowest BCUT2D eigenvalue weighted by molar-refractivity contribution is -0.122. The number of nitrogens with zero attached hydrogens (tertiary/aromatic N) is 3. The van der Waals surface area contributed by atoms with Crippen LogP contribution in [0, 0.1) is 6.92 Å². The molecule has 180 valence electrons. The highest BCUT2D eigenvalue weighted by molar-refractivity contribution is 8.26. The van der Waals surface area contributed by atoms with Crippen LogP contribution in [0.5, 0.6) is 5.75 Å². The Morgan fingerprint density at radius 2 is 1.89 bits per heavy atom. The number of pyridine rings is 1. The molecule has 5 nitrogen and oxygen atoms in total. The summed E-state index contributed by atoms with van der Waals surface area (Å²) in [6, 6.07) is 16.4. The molecule has 0 N–H and O–H groups in total. The predicted molar refractivity (Wildman–Crippen MR) is 149 cm³/mol. The van der Waals surface area contributed by atoms with Gasteiger partial charge in [0, 0.05) is 30.6 Å². The van der Waals surface area contributed by atoms with Crippen molar-refractivity contribution in [1.82, 2.24) is 9.88 Å². The quantitative estimate of drug-likeness (QED) is 0.304. The molecule has 0 spiro atoms. The summed E-state index contributed by atoms with van der Waals surface area (Å²) in [5, 5.41) is 1.09. The van der Waals surface area contributed by atoms with E-state index in [0.717, 1.165) is 58.7 Å². The fourth-order valence-electron chi connectivity index (χ4n) is 4.69. The maximum atomic E-state index is 13.3. The topological polar surface area (TPSA) is 45.7 Å². The Labute approximate surface area is 216 Å². The molecule has 1 aromatic heterocycles. The van der Waals surface area contributed by atoms with Crippen molar-refractivity contribution >= 4 is 57.0 Å². The number of rotatable bonds is 6. The lowest BCUT2D eigenvalue weighted by Crippen LogP contribution is -2.31. The molecule has 2 aromatic carbocycles. The maximum Gasteiger partial charge on any atom is 0.266 e. The highest BCUT2D eigenvalue weighted by Crippen LogP contribution is 2.36. The van der Waals surface area contributed by atoms with E-state index in [9.17, 15) is 4.79 Å². The number of benzene rings is 2. The number of piperidine rings is 1. The SMILES string of the molecule is COc1ccc(CCN2C(=O)/C(=C/c3cc4cccc(C)c4nc3N3CCCCC3)SC2=S)cc1. The van der Waals surface area contributed by atoms with Crippen LogP contribution in [0.4, 0.5) is 5.82 Å². The van der Waals surface area contributed by atoms with Gasteiger partial charge in [-0.25, -0.2) is 4.98 Å². The summed E-state index contributed by atoms with van der Waals surface area (Å²) >= 11 is 6.98. The van der Waals surface area contributed by atoms with Gasteiger partial charge in [-0.05, 0) is 68.0 Å². The van der Waals surface area contributed by atoms with E-state index in [0.29, 0.717) is 15.8 Å². The van der Waals surface area contributed by atoms with Crippen LogP contribution in [-0.4, -0.2) is 46.9 Å². The molecule has 5 rings (SSSR count). The van der Waals surface area contributed by atoms with Gasteiger partial charge in [-0.15, -0.1) is 0 Å². The number of thiocarbonyl (C=S) groups is 1. The molecule has 0 radical (unpaired) electrons. The van der Waals surface area contributed by atoms with Crippen molar-refractivity contribution in [3.63, 3.8) is 0 Å². The minimum absolute atomic E-state index is 0.0255. The van der Waals surface area contributed by atoms with Crippen LogP contribution < -0.4 is 9.64 Å². The van der Waals surface area contributed by atoms with E-state index in [-0.39, 0.29) is 5.91 Å². The summed E-state index contributed by atoms with van der Waals surface area (Å²) in [6.07, 6.45) is 6.32. The van der Waals surface area contributed by atoms with Crippen molar-refractivity contribution in [2.45, 2.75) is 32.6 Å². The van der Waals surface area contributed by atoms with Gasteiger partial charge in [0.05, 0.1) is 17.5 Å². The largest absolute Gasteiger partial charge is 0.497 e. The molecule has 0 saturated carbocycles. The average molecular weight is 504 g/mol. The zero-order valence-corrected chi connectivity index (χ0v) is 21.8. The summed E-state index contributed by atoms with van der Waals surface area (Å²) in [6.45, 7) is 4.65. The van der Waals surface area contributed by atoms with Crippen molar-refractivity contribution < 1.29 is 9.53 Å². The molecule has 0 atom stereocenters. The molecule has 0 aliphatic carbocycles. The normalized spacial score (nSPS) is 17.6. The van der Waals surface area contributed by atoms with Gasteiger partial charge in [-0.2, -0.15) is 0 Å². The highest BCUT2D eigenvalue weighted by atomic mass is 32.2. The second-order valence-electron chi connectivity index (χ2n) is 9.03. The fourth-order valence-corrected chi connectivity index (χ4v) is 5.99.